The minimum atomic E-state index is 0.425. The quantitative estimate of drug-likeness (QED) is 0.629. The predicted octanol–water partition coefficient (Wildman–Crippen LogP) is 3.87. The Morgan fingerprint density at radius 1 is 1.19 bits per heavy atom. The number of hydrogen-bond acceptors (Lipinski definition) is 1. The molecule has 0 N–H and O–H groups in total. The van der Waals surface area contributed by atoms with Crippen molar-refractivity contribution in [2.24, 2.45) is 0 Å². The summed E-state index contributed by atoms with van der Waals surface area (Å²) in [6.45, 7) is 6.28. The van der Waals surface area contributed by atoms with Crippen LogP contribution < -0.4 is 4.90 Å². The van der Waals surface area contributed by atoms with E-state index in [4.69, 9.17) is 0 Å². The molecule has 0 aromatic heterocycles. The Morgan fingerprint density at radius 3 is 2.75 bits per heavy atom. The molecule has 1 nitrogen and oxygen atoms in total. The number of allylic oxidation sites excluding steroid dienone is 4. The molecule has 0 fully saturated rings. The van der Waals surface area contributed by atoms with Gasteiger partial charge in [0, 0.05) is 24.4 Å². The molecule has 0 amide bonds. The normalized spacial score (nSPS) is 24.0. The molecule has 0 bridgehead atoms. The Bertz CT molecular complexity index is 454. The van der Waals surface area contributed by atoms with Gasteiger partial charge < -0.3 is 4.90 Å². The summed E-state index contributed by atoms with van der Waals surface area (Å²) in [6.07, 6.45) is 8.38. The van der Waals surface area contributed by atoms with Crippen molar-refractivity contribution in [1.29, 1.82) is 0 Å². The molecule has 0 aliphatic carbocycles. The van der Waals surface area contributed by atoms with Crippen molar-refractivity contribution in [2.75, 3.05) is 11.9 Å². The zero-order valence-corrected chi connectivity index (χ0v) is 9.85. The van der Waals surface area contributed by atoms with Crippen LogP contribution >= 0.6 is 0 Å². The SMILES string of the molecule is C=C1/C=C\C=C/C(C)c2ccccc2N1C. The molecular weight excluding hydrogens is 194 g/mol. The van der Waals surface area contributed by atoms with Crippen LogP contribution in [0.25, 0.3) is 0 Å². The monoisotopic (exact) mass is 211 g/mol. The van der Waals surface area contributed by atoms with E-state index in [1.807, 2.05) is 12.2 Å². The summed E-state index contributed by atoms with van der Waals surface area (Å²) in [7, 11) is 2.06. The zero-order valence-electron chi connectivity index (χ0n) is 9.85. The molecule has 1 atom stereocenters. The van der Waals surface area contributed by atoms with Gasteiger partial charge in [-0.1, -0.05) is 49.9 Å². The Kier molecular flexibility index (Phi) is 2.95. The largest absolute Gasteiger partial charge is 0.345 e. The maximum absolute atomic E-state index is 4.07. The number of fused-ring (bicyclic) bond motifs is 1. The van der Waals surface area contributed by atoms with Crippen molar-refractivity contribution in [2.45, 2.75) is 12.8 Å². The van der Waals surface area contributed by atoms with E-state index in [0.717, 1.165) is 5.70 Å². The maximum Gasteiger partial charge on any atom is 0.0446 e. The highest BCUT2D eigenvalue weighted by Crippen LogP contribution is 2.30. The first-order valence-corrected chi connectivity index (χ1v) is 5.56. The van der Waals surface area contributed by atoms with Gasteiger partial charge in [-0.2, -0.15) is 0 Å². The molecule has 0 radical (unpaired) electrons. The molecule has 1 aromatic rings. The summed E-state index contributed by atoms with van der Waals surface area (Å²) in [4.78, 5) is 2.13. The minimum absolute atomic E-state index is 0.425. The standard InChI is InChI=1S/C15H17N/c1-12-8-4-5-9-13(2)16(3)15-11-7-6-10-14(12)15/h4-12H,2H2,1,3H3/b8-4-,9-5-. The Hall–Kier alpha value is -1.76. The van der Waals surface area contributed by atoms with Gasteiger partial charge in [-0.25, -0.2) is 0 Å². The van der Waals surface area contributed by atoms with Gasteiger partial charge in [-0.05, 0) is 17.7 Å². The van der Waals surface area contributed by atoms with Gasteiger partial charge >= 0.3 is 0 Å². The van der Waals surface area contributed by atoms with E-state index in [2.05, 4.69) is 61.9 Å². The van der Waals surface area contributed by atoms with Crippen LogP contribution in [0.2, 0.25) is 0 Å². The fourth-order valence-corrected chi connectivity index (χ4v) is 1.95. The summed E-state index contributed by atoms with van der Waals surface area (Å²) in [5, 5.41) is 0. The Labute approximate surface area is 97.4 Å². The van der Waals surface area contributed by atoms with E-state index in [-0.39, 0.29) is 0 Å². The van der Waals surface area contributed by atoms with Crippen LogP contribution in [0, 0.1) is 0 Å². The predicted molar refractivity (Wildman–Crippen MR) is 70.7 cm³/mol. The smallest absolute Gasteiger partial charge is 0.0446 e. The van der Waals surface area contributed by atoms with Crippen LogP contribution in [-0.4, -0.2) is 7.05 Å². The lowest BCUT2D eigenvalue weighted by Crippen LogP contribution is -2.16. The molecule has 1 heteroatoms. The number of hydrogen-bond donors (Lipinski definition) is 0. The molecule has 0 saturated carbocycles. The van der Waals surface area contributed by atoms with Crippen LogP contribution in [0.15, 0.2) is 60.8 Å². The van der Waals surface area contributed by atoms with Crippen molar-refractivity contribution in [3.05, 3.63) is 66.4 Å². The van der Waals surface area contributed by atoms with Crippen molar-refractivity contribution >= 4 is 5.69 Å². The Morgan fingerprint density at radius 2 is 1.94 bits per heavy atom. The van der Waals surface area contributed by atoms with Gasteiger partial charge in [0.05, 0.1) is 0 Å². The first-order chi connectivity index (χ1) is 7.70. The van der Waals surface area contributed by atoms with Crippen molar-refractivity contribution in [3.63, 3.8) is 0 Å². The molecule has 1 aliphatic rings. The molecule has 1 aromatic carbocycles. The highest BCUT2D eigenvalue weighted by Gasteiger charge is 2.12. The van der Waals surface area contributed by atoms with Crippen molar-refractivity contribution in [1.82, 2.24) is 0 Å². The third-order valence-corrected chi connectivity index (χ3v) is 3.02. The van der Waals surface area contributed by atoms with Crippen LogP contribution in [0.3, 0.4) is 0 Å². The highest BCUT2D eigenvalue weighted by atomic mass is 15.1. The second kappa shape index (κ2) is 4.40. The molecular formula is C15H17N. The third kappa shape index (κ3) is 1.94. The maximum atomic E-state index is 4.07. The topological polar surface area (TPSA) is 3.24 Å². The summed E-state index contributed by atoms with van der Waals surface area (Å²) >= 11 is 0. The summed E-state index contributed by atoms with van der Waals surface area (Å²) in [5.74, 6) is 0.425. The van der Waals surface area contributed by atoms with Gasteiger partial charge in [-0.15, -0.1) is 0 Å². The molecule has 0 saturated heterocycles. The van der Waals surface area contributed by atoms with E-state index < -0.39 is 0 Å². The molecule has 0 spiro atoms. The molecule has 1 aliphatic heterocycles. The number of para-hydroxylation sites is 1. The van der Waals surface area contributed by atoms with Gasteiger partial charge in [0.25, 0.3) is 0 Å². The second-order valence-electron chi connectivity index (χ2n) is 4.14. The number of benzene rings is 1. The van der Waals surface area contributed by atoms with Crippen LogP contribution in [-0.2, 0) is 0 Å². The first-order valence-electron chi connectivity index (χ1n) is 5.56. The van der Waals surface area contributed by atoms with Crippen molar-refractivity contribution < 1.29 is 0 Å². The molecule has 1 unspecified atom stereocenters. The van der Waals surface area contributed by atoms with Crippen LogP contribution in [0.5, 0.6) is 0 Å². The summed E-state index contributed by atoms with van der Waals surface area (Å²) < 4.78 is 0. The van der Waals surface area contributed by atoms with E-state index in [1.165, 1.54) is 11.3 Å². The first kappa shape index (κ1) is 10.7. The molecule has 82 valence electrons. The number of likely N-dealkylation sites (N-methyl/N-ethyl adjacent to an activating group) is 1. The summed E-state index contributed by atoms with van der Waals surface area (Å²) in [6, 6.07) is 8.48. The lowest BCUT2D eigenvalue weighted by atomic mass is 9.98. The summed E-state index contributed by atoms with van der Waals surface area (Å²) in [5.41, 5.74) is 3.58. The van der Waals surface area contributed by atoms with Crippen LogP contribution in [0.4, 0.5) is 5.69 Å². The average Bonchev–Trinajstić information content (AvgIpc) is 2.36. The highest BCUT2D eigenvalue weighted by molar-refractivity contribution is 5.61. The number of nitrogens with zero attached hydrogens (tertiary/aromatic N) is 1. The van der Waals surface area contributed by atoms with Gasteiger partial charge in [0.15, 0.2) is 0 Å². The van der Waals surface area contributed by atoms with E-state index in [9.17, 15) is 0 Å². The van der Waals surface area contributed by atoms with E-state index in [0.29, 0.717) is 5.92 Å². The number of anilines is 1. The van der Waals surface area contributed by atoms with Gasteiger partial charge in [-0.3, -0.25) is 0 Å². The van der Waals surface area contributed by atoms with Gasteiger partial charge in [0.2, 0.25) is 0 Å². The average molecular weight is 211 g/mol. The van der Waals surface area contributed by atoms with Gasteiger partial charge in [0.1, 0.15) is 0 Å². The lowest BCUT2D eigenvalue weighted by molar-refractivity contribution is 0.954. The van der Waals surface area contributed by atoms with Crippen molar-refractivity contribution in [3.8, 4) is 0 Å². The van der Waals surface area contributed by atoms with Crippen LogP contribution in [0.1, 0.15) is 18.4 Å². The molecule has 2 rings (SSSR count). The zero-order chi connectivity index (χ0) is 11.5. The molecule has 16 heavy (non-hydrogen) atoms. The van der Waals surface area contributed by atoms with E-state index in [1.54, 1.807) is 0 Å². The fourth-order valence-electron chi connectivity index (χ4n) is 1.95. The minimum Gasteiger partial charge on any atom is -0.345 e. The van der Waals surface area contributed by atoms with E-state index >= 15 is 0 Å². The third-order valence-electron chi connectivity index (χ3n) is 3.02. The molecule has 1 heterocycles. The fraction of sp³-hybridized carbons (Fsp3) is 0.200. The Balaban J connectivity index is 2.56. The second-order valence-corrected chi connectivity index (χ2v) is 4.14. The number of rotatable bonds is 0. The lowest BCUT2D eigenvalue weighted by Gasteiger charge is -2.23.